The van der Waals surface area contributed by atoms with Crippen molar-refractivity contribution in [1.29, 1.82) is 0 Å². The molecule has 1 aromatic carbocycles. The van der Waals surface area contributed by atoms with Crippen LogP contribution in [0.15, 0.2) is 24.3 Å². The lowest BCUT2D eigenvalue weighted by atomic mass is 10.1. The highest BCUT2D eigenvalue weighted by Gasteiger charge is 2.20. The summed E-state index contributed by atoms with van der Waals surface area (Å²) >= 11 is 1.38. The molecule has 1 fully saturated rings. The smallest absolute Gasteiger partial charge is 0.234 e. The van der Waals surface area contributed by atoms with Gasteiger partial charge >= 0.3 is 0 Å². The largest absolute Gasteiger partial charge is 0.352 e. The molecule has 4 nitrogen and oxygen atoms in total. The van der Waals surface area contributed by atoms with Crippen molar-refractivity contribution in [3.63, 3.8) is 0 Å². The molecular formula is C19H28N2O2S. The van der Waals surface area contributed by atoms with Crippen LogP contribution in [0.1, 0.15) is 51.0 Å². The predicted octanol–water partition coefficient (Wildman–Crippen LogP) is 3.89. The van der Waals surface area contributed by atoms with Crippen molar-refractivity contribution in [2.75, 3.05) is 11.1 Å². The molecule has 2 rings (SSSR count). The Morgan fingerprint density at radius 1 is 1.12 bits per heavy atom. The van der Waals surface area contributed by atoms with Gasteiger partial charge in [0.1, 0.15) is 0 Å². The first-order valence-corrected chi connectivity index (χ1v) is 9.88. The van der Waals surface area contributed by atoms with Crippen molar-refractivity contribution < 1.29 is 9.59 Å². The van der Waals surface area contributed by atoms with Gasteiger partial charge in [-0.25, -0.2) is 0 Å². The van der Waals surface area contributed by atoms with Crippen LogP contribution < -0.4 is 10.6 Å². The third kappa shape index (κ3) is 6.56. The number of amides is 2. The zero-order valence-corrected chi connectivity index (χ0v) is 15.5. The topological polar surface area (TPSA) is 58.2 Å². The highest BCUT2D eigenvalue weighted by molar-refractivity contribution is 8.01. The minimum Gasteiger partial charge on any atom is -0.352 e. The first-order valence-electron chi connectivity index (χ1n) is 8.83. The Bertz CT molecular complexity index is 537. The van der Waals surface area contributed by atoms with Gasteiger partial charge in [0, 0.05) is 11.7 Å². The van der Waals surface area contributed by atoms with Gasteiger partial charge in [0.05, 0.1) is 11.0 Å². The number of anilines is 1. The molecule has 0 unspecified atom stereocenters. The lowest BCUT2D eigenvalue weighted by molar-refractivity contribution is -0.121. The van der Waals surface area contributed by atoms with Crippen LogP contribution in [0.5, 0.6) is 0 Å². The van der Waals surface area contributed by atoms with Gasteiger partial charge in [-0.05, 0) is 38.8 Å². The summed E-state index contributed by atoms with van der Waals surface area (Å²) in [6.07, 6.45) is 7.11. The molecule has 132 valence electrons. The Balaban J connectivity index is 1.70. The summed E-state index contributed by atoms with van der Waals surface area (Å²) < 4.78 is 0. The Labute approximate surface area is 149 Å². The number of thioether (sulfide) groups is 1. The molecule has 0 spiro atoms. The van der Waals surface area contributed by atoms with Gasteiger partial charge in [0.15, 0.2) is 0 Å². The quantitative estimate of drug-likeness (QED) is 0.767. The average molecular weight is 349 g/mol. The Kier molecular flexibility index (Phi) is 7.63. The number of hydrogen-bond donors (Lipinski definition) is 2. The summed E-state index contributed by atoms with van der Waals surface area (Å²) in [6, 6.07) is 8.02. The third-order valence-corrected chi connectivity index (χ3v) is 5.51. The van der Waals surface area contributed by atoms with E-state index < -0.39 is 0 Å². The number of hydrogen-bond acceptors (Lipinski definition) is 3. The monoisotopic (exact) mass is 348 g/mol. The van der Waals surface area contributed by atoms with Crippen LogP contribution in [0.2, 0.25) is 0 Å². The summed E-state index contributed by atoms with van der Waals surface area (Å²) in [5.41, 5.74) is 1.95. The summed E-state index contributed by atoms with van der Waals surface area (Å²) in [5.74, 6) is 0.264. The summed E-state index contributed by atoms with van der Waals surface area (Å²) in [5, 5.41) is 5.80. The van der Waals surface area contributed by atoms with E-state index in [0.29, 0.717) is 6.04 Å². The molecule has 0 radical (unpaired) electrons. The SMILES string of the molecule is Cc1ccc(NC(=O)CS[C@@H](C)C(=O)NC2CCCCCC2)cc1. The molecule has 0 aromatic heterocycles. The van der Waals surface area contributed by atoms with Gasteiger partial charge in [0.2, 0.25) is 11.8 Å². The van der Waals surface area contributed by atoms with Gasteiger partial charge in [-0.1, -0.05) is 43.4 Å². The molecular weight excluding hydrogens is 320 g/mol. The van der Waals surface area contributed by atoms with E-state index in [1.807, 2.05) is 38.1 Å². The molecule has 0 aliphatic heterocycles. The van der Waals surface area contributed by atoms with E-state index in [2.05, 4.69) is 10.6 Å². The van der Waals surface area contributed by atoms with E-state index in [0.717, 1.165) is 24.1 Å². The molecule has 0 heterocycles. The summed E-state index contributed by atoms with van der Waals surface area (Å²) in [7, 11) is 0. The Morgan fingerprint density at radius 2 is 1.75 bits per heavy atom. The van der Waals surface area contributed by atoms with Crippen LogP contribution >= 0.6 is 11.8 Å². The van der Waals surface area contributed by atoms with E-state index in [9.17, 15) is 9.59 Å². The van der Waals surface area contributed by atoms with E-state index in [-0.39, 0.29) is 22.8 Å². The molecule has 2 amide bonds. The second kappa shape index (κ2) is 9.72. The Morgan fingerprint density at radius 3 is 2.38 bits per heavy atom. The summed E-state index contributed by atoms with van der Waals surface area (Å²) in [6.45, 7) is 3.88. The van der Waals surface area contributed by atoms with Gasteiger partial charge < -0.3 is 10.6 Å². The summed E-state index contributed by atoms with van der Waals surface area (Å²) in [4.78, 5) is 24.3. The van der Waals surface area contributed by atoms with E-state index in [1.165, 1.54) is 37.4 Å². The van der Waals surface area contributed by atoms with Crippen molar-refractivity contribution in [2.45, 2.75) is 63.7 Å². The molecule has 2 N–H and O–H groups in total. The van der Waals surface area contributed by atoms with Crippen molar-refractivity contribution in [1.82, 2.24) is 5.32 Å². The molecule has 5 heteroatoms. The number of rotatable bonds is 6. The lowest BCUT2D eigenvalue weighted by Gasteiger charge is -2.19. The fourth-order valence-corrected chi connectivity index (χ4v) is 3.55. The van der Waals surface area contributed by atoms with Crippen LogP contribution in [0.3, 0.4) is 0 Å². The lowest BCUT2D eigenvalue weighted by Crippen LogP contribution is -2.39. The molecule has 0 saturated heterocycles. The fraction of sp³-hybridized carbons (Fsp3) is 0.579. The highest BCUT2D eigenvalue weighted by atomic mass is 32.2. The first-order chi connectivity index (χ1) is 11.5. The normalized spacial score (nSPS) is 16.9. The molecule has 1 aromatic rings. The number of nitrogens with one attached hydrogen (secondary N) is 2. The molecule has 1 atom stereocenters. The van der Waals surface area contributed by atoms with Crippen LogP contribution in [0.4, 0.5) is 5.69 Å². The zero-order valence-electron chi connectivity index (χ0n) is 14.6. The van der Waals surface area contributed by atoms with Crippen molar-refractivity contribution in [3.05, 3.63) is 29.8 Å². The first kappa shape index (κ1) is 18.8. The predicted molar refractivity (Wildman–Crippen MR) is 101 cm³/mol. The standard InChI is InChI=1S/C19H28N2O2S/c1-14-9-11-17(12-10-14)20-18(22)13-24-15(2)19(23)21-16-7-5-3-4-6-8-16/h9-12,15-16H,3-8,13H2,1-2H3,(H,20,22)(H,21,23)/t15-/m0/s1. The highest BCUT2D eigenvalue weighted by Crippen LogP contribution is 2.19. The van der Waals surface area contributed by atoms with E-state index in [4.69, 9.17) is 0 Å². The van der Waals surface area contributed by atoms with Crippen molar-refractivity contribution in [3.8, 4) is 0 Å². The second-order valence-corrected chi connectivity index (χ2v) is 7.89. The third-order valence-electron chi connectivity index (χ3n) is 4.37. The molecule has 1 aliphatic carbocycles. The van der Waals surface area contributed by atoms with Gasteiger partial charge in [0.25, 0.3) is 0 Å². The minimum absolute atomic E-state index is 0.0510. The Hall–Kier alpha value is -1.49. The van der Waals surface area contributed by atoms with E-state index >= 15 is 0 Å². The fourth-order valence-electron chi connectivity index (χ4n) is 2.85. The van der Waals surface area contributed by atoms with Crippen LogP contribution in [0.25, 0.3) is 0 Å². The molecule has 24 heavy (non-hydrogen) atoms. The molecule has 1 aliphatic rings. The minimum atomic E-state index is -0.211. The number of carbonyl (C=O) groups excluding carboxylic acids is 2. The van der Waals surface area contributed by atoms with Crippen molar-refractivity contribution in [2.24, 2.45) is 0 Å². The van der Waals surface area contributed by atoms with Crippen LogP contribution in [0, 0.1) is 6.92 Å². The number of carbonyl (C=O) groups is 2. The average Bonchev–Trinajstić information content (AvgIpc) is 2.83. The number of benzene rings is 1. The molecule has 1 saturated carbocycles. The van der Waals surface area contributed by atoms with Crippen LogP contribution in [-0.4, -0.2) is 28.9 Å². The van der Waals surface area contributed by atoms with Crippen molar-refractivity contribution >= 4 is 29.3 Å². The number of aryl methyl sites for hydroxylation is 1. The maximum Gasteiger partial charge on any atom is 0.234 e. The van der Waals surface area contributed by atoms with Gasteiger partial charge in [-0.2, -0.15) is 0 Å². The zero-order chi connectivity index (χ0) is 17.4. The van der Waals surface area contributed by atoms with Gasteiger partial charge in [-0.3, -0.25) is 9.59 Å². The second-order valence-electron chi connectivity index (χ2n) is 6.56. The maximum absolute atomic E-state index is 12.3. The van der Waals surface area contributed by atoms with Crippen LogP contribution in [-0.2, 0) is 9.59 Å². The van der Waals surface area contributed by atoms with E-state index in [1.54, 1.807) is 0 Å². The molecule has 0 bridgehead atoms. The maximum atomic E-state index is 12.3. The van der Waals surface area contributed by atoms with Gasteiger partial charge in [-0.15, -0.1) is 11.8 Å².